The van der Waals surface area contributed by atoms with E-state index in [1.165, 1.54) is 0 Å². The number of hydrogen-bond donors (Lipinski definition) is 1. The minimum atomic E-state index is -0.0908. The lowest BCUT2D eigenvalue weighted by molar-refractivity contribution is 0.0951. The zero-order chi connectivity index (χ0) is 21.6. The Hall–Kier alpha value is -3.10. The first-order valence-electron chi connectivity index (χ1n) is 10.5. The number of pyridine rings is 1. The van der Waals surface area contributed by atoms with Crippen LogP contribution in [0.4, 0.5) is 0 Å². The van der Waals surface area contributed by atoms with E-state index < -0.39 is 0 Å². The van der Waals surface area contributed by atoms with Crippen LogP contribution in [0.5, 0.6) is 0 Å². The number of aromatic nitrogens is 4. The monoisotopic (exact) mass is 434 g/mol. The van der Waals surface area contributed by atoms with Crippen molar-refractivity contribution < 1.29 is 4.79 Å². The Morgan fingerprint density at radius 2 is 2.06 bits per heavy atom. The number of carbonyl (C=O) groups excluding carboxylic acids is 1. The molecule has 0 saturated carbocycles. The second kappa shape index (κ2) is 9.80. The standard InChI is InChI=1S/C23H26N6OS/c1-3-28(4-2)12-6-10-25-23(30)17-8-11-24-20(15-17)18-16-26-29-13-9-19(27-22(18)29)21-7-5-14-31-21/h5,7-9,11,13-16H,3-4,6,10,12H2,1-2H3,(H,25,30). The number of fused-ring (bicyclic) bond motifs is 1. The number of nitrogens with zero attached hydrogens (tertiary/aromatic N) is 5. The number of rotatable bonds is 9. The van der Waals surface area contributed by atoms with Gasteiger partial charge in [-0.05, 0) is 55.7 Å². The van der Waals surface area contributed by atoms with Crippen LogP contribution in [-0.2, 0) is 0 Å². The van der Waals surface area contributed by atoms with Gasteiger partial charge in [-0.2, -0.15) is 5.10 Å². The molecule has 4 aromatic heterocycles. The molecule has 8 heteroatoms. The van der Waals surface area contributed by atoms with Gasteiger partial charge >= 0.3 is 0 Å². The molecular weight excluding hydrogens is 408 g/mol. The molecule has 0 unspecified atom stereocenters. The molecule has 31 heavy (non-hydrogen) atoms. The van der Waals surface area contributed by atoms with Gasteiger partial charge in [-0.1, -0.05) is 19.9 Å². The van der Waals surface area contributed by atoms with Gasteiger partial charge in [-0.15, -0.1) is 11.3 Å². The first kappa shape index (κ1) is 21.1. The van der Waals surface area contributed by atoms with Crippen LogP contribution in [0, 0.1) is 0 Å². The fraction of sp³-hybridized carbons (Fsp3) is 0.304. The van der Waals surface area contributed by atoms with Crippen molar-refractivity contribution in [3.63, 3.8) is 0 Å². The van der Waals surface area contributed by atoms with E-state index in [1.54, 1.807) is 40.4 Å². The van der Waals surface area contributed by atoms with E-state index in [4.69, 9.17) is 4.98 Å². The molecule has 0 aliphatic heterocycles. The van der Waals surface area contributed by atoms with E-state index in [-0.39, 0.29) is 5.91 Å². The van der Waals surface area contributed by atoms with Gasteiger partial charge in [0.25, 0.3) is 5.91 Å². The van der Waals surface area contributed by atoms with E-state index in [1.807, 2.05) is 29.8 Å². The summed E-state index contributed by atoms with van der Waals surface area (Å²) in [4.78, 5) is 25.3. The molecule has 7 nitrogen and oxygen atoms in total. The van der Waals surface area contributed by atoms with Crippen molar-refractivity contribution in [3.05, 3.63) is 59.9 Å². The largest absolute Gasteiger partial charge is 0.352 e. The average molecular weight is 435 g/mol. The number of hydrogen-bond acceptors (Lipinski definition) is 6. The summed E-state index contributed by atoms with van der Waals surface area (Å²) in [7, 11) is 0. The molecule has 1 N–H and O–H groups in total. The van der Waals surface area contributed by atoms with Gasteiger partial charge in [-0.3, -0.25) is 9.78 Å². The van der Waals surface area contributed by atoms with Crippen LogP contribution in [0.1, 0.15) is 30.6 Å². The first-order chi connectivity index (χ1) is 15.2. The molecule has 160 valence electrons. The molecule has 0 aromatic carbocycles. The molecule has 0 bridgehead atoms. The van der Waals surface area contributed by atoms with Crippen molar-refractivity contribution in [1.82, 2.24) is 29.8 Å². The molecule has 4 heterocycles. The highest BCUT2D eigenvalue weighted by molar-refractivity contribution is 7.13. The average Bonchev–Trinajstić information content (AvgIpc) is 3.49. The summed E-state index contributed by atoms with van der Waals surface area (Å²) < 4.78 is 1.73. The summed E-state index contributed by atoms with van der Waals surface area (Å²) in [6.45, 7) is 7.99. The van der Waals surface area contributed by atoms with Crippen LogP contribution < -0.4 is 5.32 Å². The van der Waals surface area contributed by atoms with Gasteiger partial charge in [0.1, 0.15) is 0 Å². The van der Waals surface area contributed by atoms with Gasteiger partial charge in [-0.25, -0.2) is 9.50 Å². The molecule has 0 radical (unpaired) electrons. The highest BCUT2D eigenvalue weighted by atomic mass is 32.1. The van der Waals surface area contributed by atoms with Crippen molar-refractivity contribution in [2.45, 2.75) is 20.3 Å². The van der Waals surface area contributed by atoms with Crippen molar-refractivity contribution in [2.75, 3.05) is 26.2 Å². The SMILES string of the molecule is CCN(CC)CCCNC(=O)c1ccnc(-c2cnn3ccc(-c4cccs4)nc23)c1. The van der Waals surface area contributed by atoms with E-state index in [9.17, 15) is 4.79 Å². The Kier molecular flexibility index (Phi) is 6.69. The molecule has 0 fully saturated rings. The van der Waals surface area contributed by atoms with E-state index in [0.29, 0.717) is 17.8 Å². The minimum Gasteiger partial charge on any atom is -0.352 e. The van der Waals surface area contributed by atoms with Crippen LogP contribution in [0.2, 0.25) is 0 Å². The quantitative estimate of drug-likeness (QED) is 0.403. The van der Waals surface area contributed by atoms with Gasteiger partial charge in [0.15, 0.2) is 5.65 Å². The molecule has 0 spiro atoms. The maximum absolute atomic E-state index is 12.6. The topological polar surface area (TPSA) is 75.4 Å². The molecular formula is C23H26N6OS. The molecule has 0 atom stereocenters. The maximum atomic E-state index is 12.6. The molecule has 1 amide bonds. The predicted octanol–water partition coefficient (Wildman–Crippen LogP) is 3.98. The molecule has 0 aliphatic carbocycles. The summed E-state index contributed by atoms with van der Waals surface area (Å²) in [6.07, 6.45) is 6.23. The summed E-state index contributed by atoms with van der Waals surface area (Å²) in [5, 5.41) is 9.44. The third kappa shape index (κ3) is 4.81. The lowest BCUT2D eigenvalue weighted by Gasteiger charge is -2.17. The summed E-state index contributed by atoms with van der Waals surface area (Å²) in [5.74, 6) is -0.0908. The van der Waals surface area contributed by atoms with Crippen molar-refractivity contribution >= 4 is 22.9 Å². The fourth-order valence-corrected chi connectivity index (χ4v) is 4.17. The van der Waals surface area contributed by atoms with Crippen LogP contribution in [0.15, 0.2) is 54.3 Å². The number of amides is 1. The van der Waals surface area contributed by atoms with Crippen molar-refractivity contribution in [3.8, 4) is 21.8 Å². The molecule has 0 aliphatic rings. The van der Waals surface area contributed by atoms with Crippen LogP contribution in [0.3, 0.4) is 0 Å². The van der Waals surface area contributed by atoms with Crippen LogP contribution >= 0.6 is 11.3 Å². The third-order valence-corrected chi connectivity index (χ3v) is 6.16. The molecule has 0 saturated heterocycles. The van der Waals surface area contributed by atoms with E-state index in [2.05, 4.69) is 34.1 Å². The first-order valence-corrected chi connectivity index (χ1v) is 11.4. The Labute approximate surface area is 185 Å². The highest BCUT2D eigenvalue weighted by Gasteiger charge is 2.14. The smallest absolute Gasteiger partial charge is 0.251 e. The molecule has 4 aromatic rings. The predicted molar refractivity (Wildman–Crippen MR) is 124 cm³/mol. The summed E-state index contributed by atoms with van der Waals surface area (Å²) in [5.41, 5.74) is 3.68. The highest BCUT2D eigenvalue weighted by Crippen LogP contribution is 2.27. The summed E-state index contributed by atoms with van der Waals surface area (Å²) in [6, 6.07) is 9.54. The Morgan fingerprint density at radius 3 is 2.84 bits per heavy atom. The second-order valence-electron chi connectivity index (χ2n) is 7.18. The van der Waals surface area contributed by atoms with Gasteiger partial charge in [0, 0.05) is 24.5 Å². The zero-order valence-corrected chi connectivity index (χ0v) is 18.6. The number of thiophene rings is 1. The van der Waals surface area contributed by atoms with Gasteiger partial charge in [0.05, 0.1) is 28.0 Å². The van der Waals surface area contributed by atoms with Gasteiger partial charge in [0.2, 0.25) is 0 Å². The van der Waals surface area contributed by atoms with E-state index >= 15 is 0 Å². The molecule has 4 rings (SSSR count). The third-order valence-electron chi connectivity index (χ3n) is 5.27. The minimum absolute atomic E-state index is 0.0908. The van der Waals surface area contributed by atoms with Gasteiger partial charge < -0.3 is 10.2 Å². The zero-order valence-electron chi connectivity index (χ0n) is 17.8. The normalized spacial score (nSPS) is 11.3. The van der Waals surface area contributed by atoms with Crippen LogP contribution in [-0.4, -0.2) is 56.6 Å². The van der Waals surface area contributed by atoms with E-state index in [0.717, 1.165) is 47.8 Å². The Morgan fingerprint density at radius 1 is 1.19 bits per heavy atom. The maximum Gasteiger partial charge on any atom is 0.251 e. The summed E-state index contributed by atoms with van der Waals surface area (Å²) >= 11 is 1.65. The lowest BCUT2D eigenvalue weighted by Crippen LogP contribution is -2.29. The lowest BCUT2D eigenvalue weighted by atomic mass is 10.1. The number of nitrogens with one attached hydrogen (secondary N) is 1. The van der Waals surface area contributed by atoms with Crippen molar-refractivity contribution in [2.24, 2.45) is 0 Å². The second-order valence-corrected chi connectivity index (χ2v) is 8.13. The Balaban J connectivity index is 1.51. The van der Waals surface area contributed by atoms with Crippen LogP contribution in [0.25, 0.3) is 27.5 Å². The fourth-order valence-electron chi connectivity index (χ4n) is 3.48. The Bertz CT molecular complexity index is 1150. The van der Waals surface area contributed by atoms with Crippen molar-refractivity contribution in [1.29, 1.82) is 0 Å². The number of carbonyl (C=O) groups is 1.